The topological polar surface area (TPSA) is 57.7 Å². The molecule has 4 rings (SSSR count). The molecule has 1 saturated heterocycles. The van der Waals surface area contributed by atoms with Crippen molar-refractivity contribution in [3.8, 4) is 5.75 Å². The number of pyridine rings is 1. The fourth-order valence-corrected chi connectivity index (χ4v) is 3.92. The maximum Gasteiger partial charge on any atom is 0.272 e. The monoisotopic (exact) mass is 418 g/mol. The van der Waals surface area contributed by atoms with Crippen molar-refractivity contribution in [1.29, 1.82) is 0 Å². The van der Waals surface area contributed by atoms with E-state index in [9.17, 15) is 4.79 Å². The van der Waals surface area contributed by atoms with Gasteiger partial charge in [0.1, 0.15) is 11.4 Å². The van der Waals surface area contributed by atoms with E-state index in [0.717, 1.165) is 59.6 Å². The highest BCUT2D eigenvalue weighted by Crippen LogP contribution is 2.31. The van der Waals surface area contributed by atoms with Gasteiger partial charge in [-0.3, -0.25) is 4.79 Å². The van der Waals surface area contributed by atoms with Gasteiger partial charge < -0.3 is 19.9 Å². The first-order valence-corrected chi connectivity index (χ1v) is 10.8. The third-order valence-corrected chi connectivity index (χ3v) is 5.97. The Balaban J connectivity index is 1.71. The summed E-state index contributed by atoms with van der Waals surface area (Å²) in [5, 5.41) is 4.40. The van der Waals surface area contributed by atoms with Crippen LogP contribution in [0.25, 0.3) is 10.9 Å². The third kappa shape index (κ3) is 4.58. The van der Waals surface area contributed by atoms with Crippen LogP contribution >= 0.6 is 0 Å². The summed E-state index contributed by atoms with van der Waals surface area (Å²) in [6.45, 7) is 3.82. The van der Waals surface area contributed by atoms with Gasteiger partial charge in [0, 0.05) is 43.9 Å². The van der Waals surface area contributed by atoms with Gasteiger partial charge in [-0.25, -0.2) is 4.98 Å². The van der Waals surface area contributed by atoms with Crippen molar-refractivity contribution in [3.05, 3.63) is 54.2 Å². The molecule has 2 heterocycles. The lowest BCUT2D eigenvalue weighted by Gasteiger charge is -2.30. The van der Waals surface area contributed by atoms with Gasteiger partial charge in [0.2, 0.25) is 0 Å². The molecule has 1 aliphatic rings. The SMILES string of the molecule is COc1ccc2nc(C(=O)N3CCC(C)CC3)cc(Nc3ccc(N(C)C)cc3)c2c1. The molecule has 1 fully saturated rings. The Labute approximate surface area is 183 Å². The minimum absolute atomic E-state index is 0.00405. The highest BCUT2D eigenvalue weighted by atomic mass is 16.5. The molecule has 6 nitrogen and oxygen atoms in total. The van der Waals surface area contributed by atoms with E-state index < -0.39 is 0 Å². The van der Waals surface area contributed by atoms with Crippen LogP contribution in [0.3, 0.4) is 0 Å². The largest absolute Gasteiger partial charge is 0.497 e. The number of hydrogen-bond acceptors (Lipinski definition) is 5. The van der Waals surface area contributed by atoms with E-state index in [0.29, 0.717) is 11.6 Å². The van der Waals surface area contributed by atoms with Crippen molar-refractivity contribution < 1.29 is 9.53 Å². The highest BCUT2D eigenvalue weighted by molar-refractivity contribution is 6.01. The molecule has 0 unspecified atom stereocenters. The predicted octanol–water partition coefficient (Wildman–Crippen LogP) is 4.93. The molecule has 6 heteroatoms. The van der Waals surface area contributed by atoms with E-state index in [4.69, 9.17) is 9.72 Å². The summed E-state index contributed by atoms with van der Waals surface area (Å²) in [6.07, 6.45) is 2.08. The molecule has 1 aromatic heterocycles. The van der Waals surface area contributed by atoms with Gasteiger partial charge >= 0.3 is 0 Å². The summed E-state index contributed by atoms with van der Waals surface area (Å²) in [5.41, 5.74) is 4.16. The molecule has 0 saturated carbocycles. The van der Waals surface area contributed by atoms with Gasteiger partial charge in [-0.15, -0.1) is 0 Å². The summed E-state index contributed by atoms with van der Waals surface area (Å²) in [6, 6.07) is 15.8. The van der Waals surface area contributed by atoms with Crippen molar-refractivity contribution in [2.75, 3.05) is 44.5 Å². The number of amides is 1. The Morgan fingerprint density at radius 1 is 1.10 bits per heavy atom. The number of aromatic nitrogens is 1. The number of ether oxygens (including phenoxy) is 1. The Hall–Kier alpha value is -3.28. The zero-order valence-corrected chi connectivity index (χ0v) is 18.7. The molecular weight excluding hydrogens is 388 g/mol. The van der Waals surface area contributed by atoms with Crippen LogP contribution in [0.15, 0.2) is 48.5 Å². The Morgan fingerprint density at radius 2 is 1.81 bits per heavy atom. The second-order valence-corrected chi connectivity index (χ2v) is 8.48. The number of rotatable bonds is 5. The van der Waals surface area contributed by atoms with Crippen molar-refractivity contribution in [3.63, 3.8) is 0 Å². The average Bonchev–Trinajstić information content (AvgIpc) is 2.79. The quantitative estimate of drug-likeness (QED) is 0.637. The summed E-state index contributed by atoms with van der Waals surface area (Å²) >= 11 is 0. The zero-order chi connectivity index (χ0) is 22.0. The van der Waals surface area contributed by atoms with Crippen LogP contribution in [0.5, 0.6) is 5.75 Å². The number of piperidine rings is 1. The van der Waals surface area contributed by atoms with Crippen LogP contribution in [0.4, 0.5) is 17.1 Å². The van der Waals surface area contributed by atoms with Crippen LogP contribution in [0.1, 0.15) is 30.3 Å². The first kappa shape index (κ1) is 21.0. The predicted molar refractivity (Wildman–Crippen MR) is 127 cm³/mol. The van der Waals surface area contributed by atoms with Crippen LogP contribution < -0.4 is 15.0 Å². The number of carbonyl (C=O) groups excluding carboxylic acids is 1. The number of fused-ring (bicyclic) bond motifs is 1. The number of anilines is 3. The van der Waals surface area contributed by atoms with E-state index in [1.165, 1.54) is 0 Å². The molecule has 3 aromatic rings. The second-order valence-electron chi connectivity index (χ2n) is 8.48. The maximum absolute atomic E-state index is 13.2. The first-order valence-electron chi connectivity index (χ1n) is 10.8. The summed E-state index contributed by atoms with van der Waals surface area (Å²) in [4.78, 5) is 21.9. The van der Waals surface area contributed by atoms with Crippen molar-refractivity contribution in [1.82, 2.24) is 9.88 Å². The number of carbonyl (C=O) groups is 1. The van der Waals surface area contributed by atoms with Gasteiger partial charge in [0.25, 0.3) is 5.91 Å². The molecule has 2 aromatic carbocycles. The number of methoxy groups -OCH3 is 1. The number of likely N-dealkylation sites (tertiary alicyclic amines) is 1. The van der Waals surface area contributed by atoms with Gasteiger partial charge in [0.15, 0.2) is 0 Å². The van der Waals surface area contributed by atoms with E-state index in [1.807, 2.05) is 55.4 Å². The minimum atomic E-state index is -0.00405. The van der Waals surface area contributed by atoms with Crippen LogP contribution in [-0.4, -0.2) is 50.1 Å². The lowest BCUT2D eigenvalue weighted by molar-refractivity contribution is 0.0691. The lowest BCUT2D eigenvalue weighted by atomic mass is 9.99. The summed E-state index contributed by atoms with van der Waals surface area (Å²) in [7, 11) is 5.69. The third-order valence-electron chi connectivity index (χ3n) is 5.97. The Kier molecular flexibility index (Phi) is 5.98. The second kappa shape index (κ2) is 8.84. The van der Waals surface area contributed by atoms with Crippen LogP contribution in [0, 0.1) is 5.92 Å². The molecule has 162 valence electrons. The fourth-order valence-electron chi connectivity index (χ4n) is 3.92. The molecule has 0 aliphatic carbocycles. The molecular formula is C25H30N4O2. The molecule has 1 amide bonds. The number of benzene rings is 2. The van der Waals surface area contributed by atoms with Crippen molar-refractivity contribution in [2.45, 2.75) is 19.8 Å². The molecule has 31 heavy (non-hydrogen) atoms. The maximum atomic E-state index is 13.2. The first-order chi connectivity index (χ1) is 14.9. The molecule has 0 radical (unpaired) electrons. The Morgan fingerprint density at radius 3 is 2.45 bits per heavy atom. The minimum Gasteiger partial charge on any atom is -0.497 e. The summed E-state index contributed by atoms with van der Waals surface area (Å²) < 4.78 is 5.42. The summed E-state index contributed by atoms with van der Waals surface area (Å²) in [5.74, 6) is 1.42. The van der Waals surface area contributed by atoms with Crippen LogP contribution in [-0.2, 0) is 0 Å². The van der Waals surface area contributed by atoms with Crippen molar-refractivity contribution in [2.24, 2.45) is 5.92 Å². The Bertz CT molecular complexity index is 1070. The van der Waals surface area contributed by atoms with E-state index in [-0.39, 0.29) is 5.91 Å². The lowest BCUT2D eigenvalue weighted by Crippen LogP contribution is -2.38. The number of nitrogens with zero attached hydrogens (tertiary/aromatic N) is 3. The molecule has 1 aliphatic heterocycles. The smallest absolute Gasteiger partial charge is 0.272 e. The van der Waals surface area contributed by atoms with Crippen molar-refractivity contribution >= 4 is 33.9 Å². The van der Waals surface area contributed by atoms with Gasteiger partial charge in [-0.1, -0.05) is 6.92 Å². The standard InChI is InChI=1S/C25H30N4O2/c1-17-11-13-29(14-12-17)25(30)24-16-23(21-15-20(31-4)9-10-22(21)27-24)26-18-5-7-19(8-6-18)28(2)3/h5-10,15-17H,11-14H2,1-4H3,(H,26,27). The fraction of sp³-hybridized carbons (Fsp3) is 0.360. The van der Waals surface area contributed by atoms with E-state index >= 15 is 0 Å². The number of nitrogens with one attached hydrogen (secondary N) is 1. The number of hydrogen-bond donors (Lipinski definition) is 1. The van der Waals surface area contributed by atoms with E-state index in [1.54, 1.807) is 7.11 Å². The molecule has 0 spiro atoms. The normalized spacial score (nSPS) is 14.5. The zero-order valence-electron chi connectivity index (χ0n) is 18.7. The molecule has 0 atom stereocenters. The average molecular weight is 419 g/mol. The molecule has 0 bridgehead atoms. The molecule has 1 N–H and O–H groups in total. The van der Waals surface area contributed by atoms with E-state index in [2.05, 4.69) is 29.3 Å². The van der Waals surface area contributed by atoms with Gasteiger partial charge in [-0.05, 0) is 67.3 Å². The van der Waals surface area contributed by atoms with Gasteiger partial charge in [0.05, 0.1) is 18.3 Å². The van der Waals surface area contributed by atoms with Gasteiger partial charge in [-0.2, -0.15) is 0 Å². The van der Waals surface area contributed by atoms with Crippen LogP contribution in [0.2, 0.25) is 0 Å². The highest BCUT2D eigenvalue weighted by Gasteiger charge is 2.23.